The Balaban J connectivity index is 3.02. The summed E-state index contributed by atoms with van der Waals surface area (Å²) >= 11 is 0. The number of rotatable bonds is 2. The summed E-state index contributed by atoms with van der Waals surface area (Å²) in [6.45, 7) is 6.70. The lowest BCUT2D eigenvalue weighted by atomic mass is 10.0. The van der Waals surface area contributed by atoms with Gasteiger partial charge < -0.3 is 4.57 Å². The van der Waals surface area contributed by atoms with Crippen LogP contribution in [0.1, 0.15) is 37.8 Å². The van der Waals surface area contributed by atoms with Crippen LogP contribution in [0.5, 0.6) is 0 Å². The minimum atomic E-state index is 0.658. The first-order valence-corrected chi connectivity index (χ1v) is 4.29. The second kappa shape index (κ2) is 3.12. The smallest absolute Gasteiger partial charge is 0.0106 e. The molecule has 1 rings (SSSR count). The van der Waals surface area contributed by atoms with E-state index in [1.54, 1.807) is 0 Å². The molecule has 0 fully saturated rings. The van der Waals surface area contributed by atoms with E-state index in [0.29, 0.717) is 5.92 Å². The highest BCUT2D eigenvalue weighted by Gasteiger charge is 2.06. The van der Waals surface area contributed by atoms with Crippen molar-refractivity contribution in [3.8, 4) is 0 Å². The predicted octanol–water partition coefficient (Wildman–Crippen LogP) is 2.71. The van der Waals surface area contributed by atoms with E-state index < -0.39 is 0 Å². The molecule has 0 spiro atoms. The van der Waals surface area contributed by atoms with Crippen LogP contribution in [0.2, 0.25) is 0 Å². The topological polar surface area (TPSA) is 4.93 Å². The summed E-state index contributed by atoms with van der Waals surface area (Å²) in [5, 5.41) is 0. The molecule has 0 aliphatic heterocycles. The Kier molecular flexibility index (Phi) is 2.38. The largest absolute Gasteiger partial charge is 0.357 e. The standard InChI is InChI=1S/C10H17N/c1-5-9-6-11(4)7-10(9)8(2)3/h6-8H,5H2,1-4H3. The molecule has 1 heterocycles. The molecule has 0 saturated heterocycles. The highest BCUT2D eigenvalue weighted by Crippen LogP contribution is 2.20. The number of nitrogens with zero attached hydrogens (tertiary/aromatic N) is 1. The molecular weight excluding hydrogens is 134 g/mol. The summed E-state index contributed by atoms with van der Waals surface area (Å²) in [5.74, 6) is 0.658. The maximum absolute atomic E-state index is 2.24. The molecule has 0 radical (unpaired) electrons. The van der Waals surface area contributed by atoms with Crippen molar-refractivity contribution in [2.75, 3.05) is 0 Å². The first kappa shape index (κ1) is 8.38. The Morgan fingerprint density at radius 3 is 2.36 bits per heavy atom. The molecule has 1 aromatic rings. The molecule has 1 heteroatoms. The molecule has 0 atom stereocenters. The van der Waals surface area contributed by atoms with Crippen molar-refractivity contribution < 1.29 is 0 Å². The monoisotopic (exact) mass is 151 g/mol. The van der Waals surface area contributed by atoms with Crippen molar-refractivity contribution in [2.45, 2.75) is 33.1 Å². The lowest BCUT2D eigenvalue weighted by Gasteiger charge is -2.03. The van der Waals surface area contributed by atoms with E-state index in [2.05, 4.69) is 44.8 Å². The van der Waals surface area contributed by atoms with Gasteiger partial charge in [-0.2, -0.15) is 0 Å². The number of hydrogen-bond donors (Lipinski definition) is 0. The molecule has 0 unspecified atom stereocenters. The highest BCUT2D eigenvalue weighted by molar-refractivity contribution is 5.26. The zero-order valence-corrected chi connectivity index (χ0v) is 7.89. The van der Waals surface area contributed by atoms with Crippen LogP contribution in [0, 0.1) is 0 Å². The molecule has 0 aliphatic carbocycles. The lowest BCUT2D eigenvalue weighted by Crippen LogP contribution is -1.88. The molecular formula is C10H17N. The molecule has 1 aromatic heterocycles. The summed E-state index contributed by atoms with van der Waals surface area (Å²) in [4.78, 5) is 0. The zero-order valence-electron chi connectivity index (χ0n) is 7.89. The molecule has 0 aromatic carbocycles. The van der Waals surface area contributed by atoms with E-state index in [9.17, 15) is 0 Å². The van der Waals surface area contributed by atoms with Gasteiger partial charge in [-0.05, 0) is 23.5 Å². The van der Waals surface area contributed by atoms with Crippen molar-refractivity contribution >= 4 is 0 Å². The first-order valence-electron chi connectivity index (χ1n) is 4.29. The van der Waals surface area contributed by atoms with Gasteiger partial charge in [-0.15, -0.1) is 0 Å². The molecule has 11 heavy (non-hydrogen) atoms. The van der Waals surface area contributed by atoms with Crippen LogP contribution in [0.15, 0.2) is 12.4 Å². The third kappa shape index (κ3) is 1.65. The van der Waals surface area contributed by atoms with E-state index in [4.69, 9.17) is 0 Å². The Bertz CT molecular complexity index is 233. The molecule has 1 nitrogen and oxygen atoms in total. The Labute approximate surface area is 69.0 Å². The molecule has 0 amide bonds. The van der Waals surface area contributed by atoms with Crippen molar-refractivity contribution in [3.63, 3.8) is 0 Å². The summed E-state index contributed by atoms with van der Waals surface area (Å²) in [6, 6.07) is 0. The van der Waals surface area contributed by atoms with Gasteiger partial charge in [0.1, 0.15) is 0 Å². The SMILES string of the molecule is CCc1cn(C)cc1C(C)C. The molecule has 62 valence electrons. The van der Waals surface area contributed by atoms with Gasteiger partial charge in [0, 0.05) is 19.4 Å². The summed E-state index contributed by atoms with van der Waals surface area (Å²) in [5.41, 5.74) is 2.98. The van der Waals surface area contributed by atoms with Gasteiger partial charge in [0.15, 0.2) is 0 Å². The van der Waals surface area contributed by atoms with Gasteiger partial charge in [-0.1, -0.05) is 20.8 Å². The van der Waals surface area contributed by atoms with Gasteiger partial charge in [-0.3, -0.25) is 0 Å². The molecule has 0 N–H and O–H groups in total. The minimum absolute atomic E-state index is 0.658. The van der Waals surface area contributed by atoms with Crippen molar-refractivity contribution in [3.05, 3.63) is 23.5 Å². The third-order valence-electron chi connectivity index (χ3n) is 2.08. The quantitative estimate of drug-likeness (QED) is 0.612. The molecule has 0 bridgehead atoms. The van der Waals surface area contributed by atoms with Crippen LogP contribution in [0.3, 0.4) is 0 Å². The summed E-state index contributed by atoms with van der Waals surface area (Å²) in [6.07, 6.45) is 5.59. The average molecular weight is 151 g/mol. The second-order valence-corrected chi connectivity index (χ2v) is 3.41. The van der Waals surface area contributed by atoms with Crippen LogP contribution >= 0.6 is 0 Å². The van der Waals surface area contributed by atoms with Gasteiger partial charge in [-0.25, -0.2) is 0 Å². The molecule has 0 saturated carbocycles. The maximum Gasteiger partial charge on any atom is 0.0106 e. The van der Waals surface area contributed by atoms with E-state index in [1.165, 1.54) is 11.1 Å². The Morgan fingerprint density at radius 1 is 1.36 bits per heavy atom. The van der Waals surface area contributed by atoms with Crippen molar-refractivity contribution in [2.24, 2.45) is 7.05 Å². The highest BCUT2D eigenvalue weighted by atomic mass is 14.9. The van der Waals surface area contributed by atoms with Crippen molar-refractivity contribution in [1.29, 1.82) is 0 Å². The maximum atomic E-state index is 2.24. The normalized spacial score (nSPS) is 11.0. The van der Waals surface area contributed by atoms with Gasteiger partial charge in [0.25, 0.3) is 0 Å². The van der Waals surface area contributed by atoms with Crippen LogP contribution in [0.4, 0.5) is 0 Å². The van der Waals surface area contributed by atoms with E-state index in [1.807, 2.05) is 0 Å². The summed E-state index contributed by atoms with van der Waals surface area (Å²) < 4.78 is 2.15. The Morgan fingerprint density at radius 2 is 2.00 bits per heavy atom. The predicted molar refractivity (Wildman–Crippen MR) is 48.9 cm³/mol. The number of aryl methyl sites for hydroxylation is 2. The van der Waals surface area contributed by atoms with Crippen LogP contribution in [-0.2, 0) is 13.5 Å². The van der Waals surface area contributed by atoms with Gasteiger partial charge in [0.2, 0.25) is 0 Å². The van der Waals surface area contributed by atoms with Crippen molar-refractivity contribution in [1.82, 2.24) is 4.57 Å². The third-order valence-corrected chi connectivity index (χ3v) is 2.08. The van der Waals surface area contributed by atoms with Gasteiger partial charge >= 0.3 is 0 Å². The van der Waals surface area contributed by atoms with E-state index in [0.717, 1.165) is 6.42 Å². The zero-order chi connectivity index (χ0) is 8.43. The molecule has 0 aliphatic rings. The van der Waals surface area contributed by atoms with Crippen LogP contribution < -0.4 is 0 Å². The second-order valence-electron chi connectivity index (χ2n) is 3.41. The number of aromatic nitrogens is 1. The fourth-order valence-electron chi connectivity index (χ4n) is 1.48. The first-order chi connectivity index (χ1) is 5.15. The van der Waals surface area contributed by atoms with Gasteiger partial charge in [0.05, 0.1) is 0 Å². The average Bonchev–Trinajstić information content (AvgIpc) is 2.30. The number of hydrogen-bond acceptors (Lipinski definition) is 0. The minimum Gasteiger partial charge on any atom is -0.357 e. The van der Waals surface area contributed by atoms with E-state index >= 15 is 0 Å². The van der Waals surface area contributed by atoms with E-state index in [-0.39, 0.29) is 0 Å². The summed E-state index contributed by atoms with van der Waals surface area (Å²) in [7, 11) is 2.09. The van der Waals surface area contributed by atoms with Crippen LogP contribution in [-0.4, -0.2) is 4.57 Å². The Hall–Kier alpha value is -0.720. The fourth-order valence-corrected chi connectivity index (χ4v) is 1.48. The van der Waals surface area contributed by atoms with Crippen LogP contribution in [0.25, 0.3) is 0 Å². The lowest BCUT2D eigenvalue weighted by molar-refractivity contribution is 0.841. The fraction of sp³-hybridized carbons (Fsp3) is 0.600.